The topological polar surface area (TPSA) is 53.7 Å². The van der Waals surface area contributed by atoms with E-state index in [1.54, 1.807) is 11.3 Å². The Hall–Kier alpha value is -1.59. The van der Waals surface area contributed by atoms with Gasteiger partial charge in [0.2, 0.25) is 0 Å². The van der Waals surface area contributed by atoms with Gasteiger partial charge in [-0.1, -0.05) is 6.07 Å². The molecule has 0 bridgehead atoms. The van der Waals surface area contributed by atoms with E-state index in [1.807, 2.05) is 0 Å². The number of nitrogens with zero attached hydrogens (tertiary/aromatic N) is 1. The summed E-state index contributed by atoms with van der Waals surface area (Å²) in [6.07, 6.45) is 3.73. The smallest absolute Gasteiger partial charge is 0.339 e. The van der Waals surface area contributed by atoms with Gasteiger partial charge in [-0.25, -0.2) is 4.79 Å². The maximum atomic E-state index is 11.1. The van der Waals surface area contributed by atoms with Crippen LogP contribution in [0.5, 0.6) is 0 Å². The molecule has 0 amide bonds. The lowest BCUT2D eigenvalue weighted by Crippen LogP contribution is -2.22. The van der Waals surface area contributed by atoms with Crippen molar-refractivity contribution in [3.05, 3.63) is 46.0 Å². The van der Waals surface area contributed by atoms with E-state index in [2.05, 4.69) is 22.4 Å². The number of carboxylic acids is 1. The fourth-order valence-electron chi connectivity index (χ4n) is 2.66. The molecular weight excluding hydrogens is 262 g/mol. The summed E-state index contributed by atoms with van der Waals surface area (Å²) in [4.78, 5) is 14.7. The van der Waals surface area contributed by atoms with Crippen molar-refractivity contribution in [3.8, 4) is 0 Å². The molecule has 0 aliphatic carbocycles. The Balaban J connectivity index is 1.79. The average Bonchev–Trinajstić information content (AvgIpc) is 3.09. The highest BCUT2D eigenvalue weighted by Crippen LogP contribution is 2.35. The third kappa shape index (κ3) is 2.43. The van der Waals surface area contributed by atoms with E-state index in [0.29, 0.717) is 18.3 Å². The minimum Gasteiger partial charge on any atom is -0.478 e. The van der Waals surface area contributed by atoms with Gasteiger partial charge in [0.05, 0.1) is 12.8 Å². The number of aromatic carboxylic acids is 1. The normalized spacial score (nSPS) is 19.9. The van der Waals surface area contributed by atoms with Crippen molar-refractivity contribution in [2.75, 3.05) is 6.54 Å². The first-order chi connectivity index (χ1) is 9.25. The summed E-state index contributed by atoms with van der Waals surface area (Å²) in [5.74, 6) is -0.369. The largest absolute Gasteiger partial charge is 0.478 e. The monoisotopic (exact) mass is 277 g/mol. The highest BCUT2D eigenvalue weighted by Gasteiger charge is 2.28. The molecule has 2 aromatic heterocycles. The molecule has 1 saturated heterocycles. The Kier molecular flexibility index (Phi) is 3.40. The second kappa shape index (κ2) is 5.19. The Bertz CT molecular complexity index is 561. The third-order valence-corrected chi connectivity index (χ3v) is 4.53. The van der Waals surface area contributed by atoms with Crippen molar-refractivity contribution in [2.45, 2.75) is 25.4 Å². The van der Waals surface area contributed by atoms with E-state index in [4.69, 9.17) is 9.52 Å². The fourth-order valence-corrected chi connectivity index (χ4v) is 3.55. The number of likely N-dealkylation sites (tertiary alicyclic amines) is 1. The lowest BCUT2D eigenvalue weighted by atomic mass is 10.1. The van der Waals surface area contributed by atoms with Crippen LogP contribution in [0.1, 0.15) is 39.9 Å². The van der Waals surface area contributed by atoms with Gasteiger partial charge in [0.15, 0.2) is 0 Å². The molecule has 19 heavy (non-hydrogen) atoms. The molecule has 0 aromatic carbocycles. The lowest BCUT2D eigenvalue weighted by molar-refractivity contribution is 0.0692. The molecule has 1 atom stereocenters. The molecule has 1 aliphatic heterocycles. The van der Waals surface area contributed by atoms with Gasteiger partial charge in [0.1, 0.15) is 11.3 Å². The predicted octanol–water partition coefficient (Wildman–Crippen LogP) is 3.38. The highest BCUT2D eigenvalue weighted by atomic mass is 32.1. The Morgan fingerprint density at radius 3 is 3.16 bits per heavy atom. The van der Waals surface area contributed by atoms with Crippen LogP contribution in [0.25, 0.3) is 0 Å². The Morgan fingerprint density at radius 2 is 2.42 bits per heavy atom. The van der Waals surface area contributed by atoms with Gasteiger partial charge in [-0.15, -0.1) is 11.3 Å². The first-order valence-electron chi connectivity index (χ1n) is 6.33. The molecule has 1 aliphatic rings. The molecule has 1 fully saturated rings. The van der Waals surface area contributed by atoms with Crippen molar-refractivity contribution in [1.82, 2.24) is 4.90 Å². The van der Waals surface area contributed by atoms with Crippen molar-refractivity contribution < 1.29 is 14.3 Å². The summed E-state index contributed by atoms with van der Waals surface area (Å²) in [5, 5.41) is 11.2. The summed E-state index contributed by atoms with van der Waals surface area (Å²) < 4.78 is 5.33. The standard InChI is InChI=1S/C14H15NO3S/c16-14(17)10-5-7-18-12(10)9-15-6-1-3-11(15)13-4-2-8-19-13/h2,4-5,7-8,11H,1,3,6,9H2,(H,16,17). The second-order valence-corrected chi connectivity index (χ2v) is 5.69. The van der Waals surface area contributed by atoms with Crippen molar-refractivity contribution >= 4 is 17.3 Å². The van der Waals surface area contributed by atoms with Crippen LogP contribution in [0.4, 0.5) is 0 Å². The first-order valence-corrected chi connectivity index (χ1v) is 7.21. The van der Waals surface area contributed by atoms with Gasteiger partial charge >= 0.3 is 5.97 Å². The number of furan rings is 1. The lowest BCUT2D eigenvalue weighted by Gasteiger charge is -2.22. The van der Waals surface area contributed by atoms with E-state index < -0.39 is 5.97 Å². The maximum Gasteiger partial charge on any atom is 0.339 e. The predicted molar refractivity (Wildman–Crippen MR) is 72.4 cm³/mol. The van der Waals surface area contributed by atoms with E-state index in [9.17, 15) is 4.79 Å². The number of carbonyl (C=O) groups is 1. The Morgan fingerprint density at radius 1 is 1.53 bits per heavy atom. The molecule has 0 spiro atoms. The molecule has 3 heterocycles. The third-order valence-electron chi connectivity index (χ3n) is 3.56. The molecule has 100 valence electrons. The molecule has 1 unspecified atom stereocenters. The first kappa shape index (κ1) is 12.4. The zero-order valence-corrected chi connectivity index (χ0v) is 11.2. The molecule has 0 saturated carbocycles. The van der Waals surface area contributed by atoms with E-state index in [1.165, 1.54) is 17.2 Å². The van der Waals surface area contributed by atoms with E-state index >= 15 is 0 Å². The van der Waals surface area contributed by atoms with Crippen molar-refractivity contribution in [2.24, 2.45) is 0 Å². The Labute approximate surface area is 115 Å². The van der Waals surface area contributed by atoms with E-state index in [-0.39, 0.29) is 5.56 Å². The molecule has 5 heteroatoms. The number of rotatable bonds is 4. The minimum absolute atomic E-state index is 0.275. The zero-order valence-electron chi connectivity index (χ0n) is 10.4. The molecule has 0 radical (unpaired) electrons. The number of thiophene rings is 1. The van der Waals surface area contributed by atoms with Crippen molar-refractivity contribution in [1.29, 1.82) is 0 Å². The number of carboxylic acid groups (broad SMARTS) is 1. The van der Waals surface area contributed by atoms with Gasteiger partial charge in [0.25, 0.3) is 0 Å². The molecule has 1 N–H and O–H groups in total. The SMILES string of the molecule is O=C(O)c1ccoc1CN1CCCC1c1cccs1. The van der Waals surface area contributed by atoms with Crippen LogP contribution in [0.3, 0.4) is 0 Å². The quantitative estimate of drug-likeness (QED) is 0.931. The van der Waals surface area contributed by atoms with Crippen LogP contribution in [0.2, 0.25) is 0 Å². The molecule has 3 rings (SSSR count). The summed E-state index contributed by atoms with van der Waals surface area (Å²) in [6.45, 7) is 1.56. The summed E-state index contributed by atoms with van der Waals surface area (Å²) in [5.41, 5.74) is 0.275. The van der Waals surface area contributed by atoms with Crippen molar-refractivity contribution in [3.63, 3.8) is 0 Å². The summed E-state index contributed by atoms with van der Waals surface area (Å²) in [6, 6.07) is 6.13. The van der Waals surface area contributed by atoms with Gasteiger partial charge in [-0.2, -0.15) is 0 Å². The van der Waals surface area contributed by atoms with Crippen LogP contribution in [0, 0.1) is 0 Å². The van der Waals surface area contributed by atoms with Crippen LogP contribution >= 0.6 is 11.3 Å². The van der Waals surface area contributed by atoms with E-state index in [0.717, 1.165) is 19.4 Å². The van der Waals surface area contributed by atoms with Crippen LogP contribution in [-0.4, -0.2) is 22.5 Å². The maximum absolute atomic E-state index is 11.1. The number of hydrogen-bond acceptors (Lipinski definition) is 4. The highest BCUT2D eigenvalue weighted by molar-refractivity contribution is 7.10. The summed E-state index contributed by atoms with van der Waals surface area (Å²) >= 11 is 1.76. The zero-order chi connectivity index (χ0) is 13.2. The molecule has 2 aromatic rings. The van der Waals surface area contributed by atoms with Gasteiger partial charge < -0.3 is 9.52 Å². The summed E-state index contributed by atoms with van der Waals surface area (Å²) in [7, 11) is 0. The van der Waals surface area contributed by atoms with Gasteiger partial charge in [-0.3, -0.25) is 4.90 Å². The number of hydrogen-bond donors (Lipinski definition) is 1. The molecular formula is C14H15NO3S. The van der Waals surface area contributed by atoms with Crippen LogP contribution in [-0.2, 0) is 6.54 Å². The fraction of sp³-hybridized carbons (Fsp3) is 0.357. The van der Waals surface area contributed by atoms with Gasteiger partial charge in [-0.05, 0) is 36.9 Å². The average molecular weight is 277 g/mol. The van der Waals surface area contributed by atoms with Crippen LogP contribution < -0.4 is 0 Å². The van der Waals surface area contributed by atoms with Crippen LogP contribution in [0.15, 0.2) is 34.3 Å². The second-order valence-electron chi connectivity index (χ2n) is 4.71. The van der Waals surface area contributed by atoms with Gasteiger partial charge in [0, 0.05) is 10.9 Å². The minimum atomic E-state index is -0.921. The molecule has 4 nitrogen and oxygen atoms in total.